The molecule has 30 heavy (non-hydrogen) atoms. The molecule has 1 heterocycles. The largest absolute Gasteiger partial charge is 0.508 e. The van der Waals surface area contributed by atoms with Gasteiger partial charge in [-0.05, 0) is 52.2 Å². The van der Waals surface area contributed by atoms with Crippen LogP contribution >= 0.6 is 0 Å². The van der Waals surface area contributed by atoms with Crippen molar-refractivity contribution in [3.8, 4) is 22.8 Å². The highest BCUT2D eigenvalue weighted by atomic mass is 16.5. The third kappa shape index (κ3) is 4.79. The maximum absolute atomic E-state index is 12.5. The molecule has 0 aliphatic heterocycles. The van der Waals surface area contributed by atoms with Crippen LogP contribution < -0.4 is 10.8 Å². The molecule has 1 radical (unpaired) electrons. The molecule has 0 fully saturated rings. The minimum Gasteiger partial charge on any atom is -0.508 e. The number of hydrogen-bond acceptors (Lipinski definition) is 7. The summed E-state index contributed by atoms with van der Waals surface area (Å²) in [5, 5.41) is 37.5. The van der Waals surface area contributed by atoms with Gasteiger partial charge < -0.3 is 29.8 Å². The molecule has 2 aromatic rings. The molecular weight excluding hydrogens is 387 g/mol. The van der Waals surface area contributed by atoms with Crippen molar-refractivity contribution < 1.29 is 29.3 Å². The number of nitrogens with one attached hydrogen (secondary N) is 1. The zero-order valence-electron chi connectivity index (χ0n) is 18.5. The molecule has 0 atom stereocenters. The summed E-state index contributed by atoms with van der Waals surface area (Å²) in [5.41, 5.74) is -1.12. The summed E-state index contributed by atoms with van der Waals surface area (Å²) in [6.45, 7) is 12.6. The van der Waals surface area contributed by atoms with Gasteiger partial charge in [-0.25, -0.2) is 0 Å². The number of aliphatic hydroxyl groups is 1. The van der Waals surface area contributed by atoms with Crippen molar-refractivity contribution in [1.82, 2.24) is 10.5 Å². The van der Waals surface area contributed by atoms with Crippen LogP contribution in [0.5, 0.6) is 11.5 Å². The van der Waals surface area contributed by atoms with Crippen LogP contribution in [0.25, 0.3) is 11.3 Å². The summed E-state index contributed by atoms with van der Waals surface area (Å²) in [5.74, 6) is -0.646. The molecule has 2 rings (SSSR count). The van der Waals surface area contributed by atoms with E-state index in [-0.39, 0.29) is 39.9 Å². The van der Waals surface area contributed by atoms with E-state index < -0.39 is 17.1 Å². The van der Waals surface area contributed by atoms with E-state index in [0.29, 0.717) is 12.1 Å². The normalized spacial score (nSPS) is 12.3. The highest BCUT2D eigenvalue weighted by molar-refractivity contribution is 6.51. The number of aromatic hydroxyl groups is 2. The molecule has 0 bridgehead atoms. The van der Waals surface area contributed by atoms with Crippen LogP contribution in [-0.4, -0.2) is 51.6 Å². The van der Waals surface area contributed by atoms with Gasteiger partial charge in [0, 0.05) is 18.1 Å². The molecule has 0 saturated carbocycles. The number of carbonyl (C=O) groups is 1. The minimum atomic E-state index is -1.18. The third-order valence-corrected chi connectivity index (χ3v) is 5.24. The average molecular weight is 417 g/mol. The molecule has 163 valence electrons. The molecule has 0 spiro atoms. The first-order chi connectivity index (χ1) is 13.8. The highest BCUT2D eigenvalue weighted by Crippen LogP contribution is 2.37. The van der Waals surface area contributed by atoms with Gasteiger partial charge in [0.05, 0.1) is 16.8 Å². The van der Waals surface area contributed by atoms with Crippen LogP contribution in [0.15, 0.2) is 16.7 Å². The SMILES string of the molecule is CCNC(=O)c1noc(-c2cc(C(C)C)c(O)cc2O)c1[B]OC(C)(C)C(C)(C)O. The van der Waals surface area contributed by atoms with Crippen LogP contribution in [-0.2, 0) is 4.65 Å². The Kier molecular flexibility index (Phi) is 6.88. The number of phenols is 2. The van der Waals surface area contributed by atoms with Crippen LogP contribution in [0.1, 0.15) is 70.4 Å². The Bertz CT molecular complexity index is 915. The van der Waals surface area contributed by atoms with Crippen molar-refractivity contribution >= 4 is 18.9 Å². The summed E-state index contributed by atoms with van der Waals surface area (Å²) in [6.07, 6.45) is 0. The second kappa shape index (κ2) is 8.69. The Hall–Kier alpha value is -2.52. The van der Waals surface area contributed by atoms with E-state index in [1.54, 1.807) is 40.7 Å². The van der Waals surface area contributed by atoms with Gasteiger partial charge >= 0.3 is 7.48 Å². The Morgan fingerprint density at radius 3 is 2.40 bits per heavy atom. The van der Waals surface area contributed by atoms with Gasteiger partial charge in [-0.1, -0.05) is 19.0 Å². The zero-order valence-corrected chi connectivity index (χ0v) is 18.5. The lowest BCUT2D eigenvalue weighted by atomic mass is 9.79. The lowest BCUT2D eigenvalue weighted by Crippen LogP contribution is -2.49. The van der Waals surface area contributed by atoms with Gasteiger partial charge in [0.15, 0.2) is 11.5 Å². The van der Waals surface area contributed by atoms with Crippen LogP contribution in [0.4, 0.5) is 0 Å². The fourth-order valence-corrected chi connectivity index (χ4v) is 2.60. The van der Waals surface area contributed by atoms with E-state index in [1.165, 1.54) is 13.5 Å². The third-order valence-electron chi connectivity index (χ3n) is 5.24. The lowest BCUT2D eigenvalue weighted by Gasteiger charge is -2.37. The zero-order chi connectivity index (χ0) is 22.9. The number of rotatable bonds is 8. The van der Waals surface area contributed by atoms with Crippen LogP contribution in [0.2, 0.25) is 0 Å². The summed E-state index contributed by atoms with van der Waals surface area (Å²) in [4.78, 5) is 12.5. The van der Waals surface area contributed by atoms with Gasteiger partial charge in [-0.2, -0.15) is 0 Å². The average Bonchev–Trinajstić information content (AvgIpc) is 3.02. The van der Waals surface area contributed by atoms with E-state index in [0.717, 1.165) is 0 Å². The van der Waals surface area contributed by atoms with Crippen LogP contribution in [0, 0.1) is 0 Å². The topological polar surface area (TPSA) is 125 Å². The number of amides is 1. The van der Waals surface area contributed by atoms with Gasteiger partial charge in [-0.15, -0.1) is 0 Å². The van der Waals surface area contributed by atoms with Crippen molar-refractivity contribution in [3.05, 3.63) is 23.4 Å². The molecule has 1 aromatic carbocycles. The first-order valence-electron chi connectivity index (χ1n) is 9.87. The van der Waals surface area contributed by atoms with E-state index in [2.05, 4.69) is 10.5 Å². The molecule has 0 unspecified atom stereocenters. The van der Waals surface area contributed by atoms with Gasteiger partial charge in [0.2, 0.25) is 0 Å². The molecule has 9 heteroatoms. The number of carbonyl (C=O) groups excluding carboxylic acids is 1. The van der Waals surface area contributed by atoms with Crippen molar-refractivity contribution in [3.63, 3.8) is 0 Å². The first-order valence-corrected chi connectivity index (χ1v) is 9.87. The van der Waals surface area contributed by atoms with Crippen molar-refractivity contribution in [2.75, 3.05) is 6.54 Å². The number of nitrogens with zero attached hydrogens (tertiary/aromatic N) is 1. The Morgan fingerprint density at radius 2 is 1.87 bits per heavy atom. The molecule has 1 amide bonds. The fourth-order valence-electron chi connectivity index (χ4n) is 2.60. The minimum absolute atomic E-state index is 0.0167. The second-order valence-electron chi connectivity index (χ2n) is 8.52. The van der Waals surface area contributed by atoms with Crippen molar-refractivity contribution in [2.24, 2.45) is 0 Å². The molecule has 0 aliphatic carbocycles. The predicted octanol–water partition coefficient (Wildman–Crippen LogP) is 2.44. The standard InChI is InChI=1S/C21H30BN2O6/c1-8-23-19(27)17-16(22-30-21(6,7)20(4,5)28)18(29-24-17)13-9-12(11(2)3)14(25)10-15(13)26/h9-11,25-26,28H,8H2,1-7H3,(H,23,27). The molecule has 0 saturated heterocycles. The Labute approximate surface area is 177 Å². The van der Waals surface area contributed by atoms with E-state index in [4.69, 9.17) is 9.18 Å². The smallest absolute Gasteiger partial charge is 0.337 e. The lowest BCUT2D eigenvalue weighted by molar-refractivity contribution is -0.0893. The predicted molar refractivity (Wildman–Crippen MR) is 114 cm³/mol. The first kappa shape index (κ1) is 23.8. The quantitative estimate of drug-likeness (QED) is 0.486. The van der Waals surface area contributed by atoms with Crippen molar-refractivity contribution in [2.45, 2.75) is 65.6 Å². The molecule has 1 aromatic heterocycles. The molecular formula is C21H30BN2O6. The summed E-state index contributed by atoms with van der Waals surface area (Å²) >= 11 is 0. The summed E-state index contributed by atoms with van der Waals surface area (Å²) < 4.78 is 11.3. The monoisotopic (exact) mass is 417 g/mol. The molecule has 4 N–H and O–H groups in total. The molecule has 8 nitrogen and oxygen atoms in total. The summed E-state index contributed by atoms with van der Waals surface area (Å²) in [7, 11) is 1.30. The number of phenolic OH excluding ortho intramolecular Hbond substituents is 2. The van der Waals surface area contributed by atoms with E-state index in [1.807, 2.05) is 13.8 Å². The number of aromatic nitrogens is 1. The van der Waals surface area contributed by atoms with Gasteiger partial charge in [0.25, 0.3) is 5.91 Å². The maximum Gasteiger partial charge on any atom is 0.337 e. The summed E-state index contributed by atoms with van der Waals surface area (Å²) in [6, 6.07) is 2.82. The highest BCUT2D eigenvalue weighted by Gasteiger charge is 2.37. The molecule has 0 aliphatic rings. The second-order valence-corrected chi connectivity index (χ2v) is 8.52. The Balaban J connectivity index is 2.59. The van der Waals surface area contributed by atoms with Crippen LogP contribution in [0.3, 0.4) is 0 Å². The van der Waals surface area contributed by atoms with E-state index in [9.17, 15) is 20.1 Å². The van der Waals surface area contributed by atoms with Gasteiger partial charge in [0.1, 0.15) is 11.5 Å². The van der Waals surface area contributed by atoms with Crippen molar-refractivity contribution in [1.29, 1.82) is 0 Å². The van der Waals surface area contributed by atoms with E-state index >= 15 is 0 Å². The van der Waals surface area contributed by atoms with Gasteiger partial charge in [-0.3, -0.25) is 4.79 Å². The Morgan fingerprint density at radius 1 is 1.23 bits per heavy atom. The fraction of sp³-hybridized carbons (Fsp3) is 0.524. The maximum atomic E-state index is 12.5. The number of benzene rings is 1. The number of hydrogen-bond donors (Lipinski definition) is 4.